The molecule has 0 saturated heterocycles. The third kappa shape index (κ3) is 3.04. The Morgan fingerprint density at radius 3 is 1.50 bits per heavy atom. The van der Waals surface area contributed by atoms with E-state index in [-0.39, 0.29) is 0 Å². The van der Waals surface area contributed by atoms with Crippen molar-refractivity contribution in [3.8, 4) is 11.8 Å². The summed E-state index contributed by atoms with van der Waals surface area (Å²) < 4.78 is 0. The van der Waals surface area contributed by atoms with E-state index in [1.165, 1.54) is 12.2 Å². The van der Waals surface area contributed by atoms with Crippen molar-refractivity contribution in [2.45, 2.75) is 0 Å². The normalized spacial score (nSPS) is 4.67. The molecular formula is C6H6. The van der Waals surface area contributed by atoms with E-state index in [0.717, 1.165) is 0 Å². The van der Waals surface area contributed by atoms with Gasteiger partial charge in [0.25, 0.3) is 0 Å². The van der Waals surface area contributed by atoms with Crippen molar-refractivity contribution in [1.82, 2.24) is 0 Å². The molecule has 0 heterocycles. The topological polar surface area (TPSA) is 0 Å². The highest BCUT2D eigenvalue weighted by molar-refractivity contribution is 5.19. The zero-order valence-corrected chi connectivity index (χ0v) is 3.57. The lowest BCUT2D eigenvalue weighted by Gasteiger charge is -1.52. The first kappa shape index (κ1) is 5.04. The van der Waals surface area contributed by atoms with Crippen LogP contribution in [0.15, 0.2) is 25.3 Å². The lowest BCUT2D eigenvalue weighted by atomic mass is 10.5. The summed E-state index contributed by atoms with van der Waals surface area (Å²) >= 11 is 0. The van der Waals surface area contributed by atoms with Gasteiger partial charge >= 0.3 is 0 Å². The summed E-state index contributed by atoms with van der Waals surface area (Å²) in [5.41, 5.74) is 0. The van der Waals surface area contributed by atoms with Crippen LogP contribution in [0.1, 0.15) is 0 Å². The van der Waals surface area contributed by atoms with Crippen LogP contribution in [0.2, 0.25) is 0 Å². The molecule has 0 spiro atoms. The van der Waals surface area contributed by atoms with Crippen LogP contribution in [-0.2, 0) is 0 Å². The minimum absolute atomic E-state index is 1.53. The molecule has 0 heteroatoms. The number of rotatable bonds is 0. The van der Waals surface area contributed by atoms with Gasteiger partial charge in [0.05, 0.1) is 0 Å². The van der Waals surface area contributed by atoms with E-state index in [4.69, 9.17) is 0 Å². The first-order chi connectivity index (χ1) is 2.91. The van der Waals surface area contributed by atoms with Gasteiger partial charge in [-0.2, -0.15) is 0 Å². The van der Waals surface area contributed by atoms with Crippen molar-refractivity contribution < 1.29 is 0 Å². The summed E-state index contributed by atoms with van der Waals surface area (Å²) in [6, 6.07) is 0. The predicted molar refractivity (Wildman–Crippen MR) is 28.2 cm³/mol. The smallest absolute Gasteiger partial charge is 0.0187 e. The van der Waals surface area contributed by atoms with Gasteiger partial charge in [-0.05, 0) is 12.2 Å². The number of hydrogen-bond donors (Lipinski definition) is 0. The van der Waals surface area contributed by atoms with Gasteiger partial charge in [-0.3, -0.25) is 0 Å². The molecule has 0 aromatic carbocycles. The molecule has 0 radical (unpaired) electrons. The molecule has 0 saturated carbocycles. The molecule has 0 unspecified atom stereocenters. The summed E-state index contributed by atoms with van der Waals surface area (Å²) in [7, 11) is 0. The van der Waals surface area contributed by atoms with E-state index in [0.29, 0.717) is 0 Å². The first-order valence-corrected chi connectivity index (χ1v) is 1.64. The Morgan fingerprint density at radius 1 is 1.00 bits per heavy atom. The number of hydrogen-bond acceptors (Lipinski definition) is 0. The zero-order valence-electron chi connectivity index (χ0n) is 3.57. The van der Waals surface area contributed by atoms with Gasteiger partial charge in [0, 0.05) is 0 Å². The largest absolute Gasteiger partial charge is 0.0906 e. The molecule has 0 amide bonds. The lowest BCUT2D eigenvalue weighted by Crippen LogP contribution is -1.39. The van der Waals surface area contributed by atoms with E-state index in [9.17, 15) is 0 Å². The minimum atomic E-state index is 1.53. The highest BCUT2D eigenvalue weighted by atomic mass is 13.5. The second-order valence-corrected chi connectivity index (χ2v) is 0.697. The maximum absolute atomic E-state index is 3.38. The van der Waals surface area contributed by atoms with E-state index in [1.54, 1.807) is 0 Å². The van der Waals surface area contributed by atoms with Crippen LogP contribution in [0, 0.1) is 11.8 Å². The second-order valence-electron chi connectivity index (χ2n) is 0.697. The van der Waals surface area contributed by atoms with Crippen molar-refractivity contribution in [2.75, 3.05) is 0 Å². The molecule has 0 fully saturated rings. The third-order valence-electron chi connectivity index (χ3n) is 0.287. The molecule has 0 aliphatic carbocycles. The molecule has 0 rings (SSSR count). The fourth-order valence-corrected chi connectivity index (χ4v) is 0.118. The van der Waals surface area contributed by atoms with E-state index in [2.05, 4.69) is 25.0 Å². The van der Waals surface area contributed by atoms with Crippen LogP contribution in [0.3, 0.4) is 0 Å². The molecule has 0 aliphatic rings. The molecule has 0 aromatic rings. The molecule has 0 atom stereocenters. The Hall–Kier alpha value is -0.960. The van der Waals surface area contributed by atoms with Gasteiger partial charge in [-0.15, -0.1) is 0 Å². The fourth-order valence-electron chi connectivity index (χ4n) is 0.118. The molecule has 0 N–H and O–H groups in total. The maximum atomic E-state index is 3.38. The highest BCUT2D eigenvalue weighted by Crippen LogP contribution is 1.55. The fraction of sp³-hybridized carbons (Fsp3) is 0. The Kier molecular flexibility index (Phi) is 3.39. The monoisotopic (exact) mass is 78.0 g/mol. The molecular weight excluding hydrogens is 72.1 g/mol. The van der Waals surface area contributed by atoms with Crippen molar-refractivity contribution in [2.24, 2.45) is 0 Å². The van der Waals surface area contributed by atoms with Crippen LogP contribution >= 0.6 is 0 Å². The summed E-state index contributed by atoms with van der Waals surface area (Å²) in [5.74, 6) is 5.19. The van der Waals surface area contributed by atoms with E-state index >= 15 is 0 Å². The van der Waals surface area contributed by atoms with Gasteiger partial charge in [-0.25, -0.2) is 0 Å². The van der Waals surface area contributed by atoms with Gasteiger partial charge in [0.15, 0.2) is 0 Å². The number of allylic oxidation sites excluding steroid dienone is 2. The summed E-state index contributed by atoms with van der Waals surface area (Å²) in [6.07, 6.45) is 3.06. The van der Waals surface area contributed by atoms with E-state index < -0.39 is 0 Å². The third-order valence-corrected chi connectivity index (χ3v) is 0.287. The Morgan fingerprint density at radius 2 is 1.33 bits per heavy atom. The molecule has 30 valence electrons. The van der Waals surface area contributed by atoms with Crippen LogP contribution in [0.5, 0.6) is 0 Å². The Bertz CT molecular complexity index is 86.9. The molecule has 6 heavy (non-hydrogen) atoms. The average molecular weight is 78.1 g/mol. The summed E-state index contributed by atoms with van der Waals surface area (Å²) in [6.45, 7) is 6.75. The molecule has 0 bridgehead atoms. The molecule has 0 nitrogen and oxygen atoms in total. The van der Waals surface area contributed by atoms with Crippen molar-refractivity contribution in [1.29, 1.82) is 0 Å². The predicted octanol–water partition coefficient (Wildman–Crippen LogP) is 1.36. The van der Waals surface area contributed by atoms with Gasteiger partial charge in [-0.1, -0.05) is 25.0 Å². The lowest BCUT2D eigenvalue weighted by molar-refractivity contribution is 2.22. The van der Waals surface area contributed by atoms with Crippen LogP contribution in [-0.4, -0.2) is 0 Å². The highest BCUT2D eigenvalue weighted by Gasteiger charge is 1.42. The minimum Gasteiger partial charge on any atom is -0.0906 e. The zero-order chi connectivity index (χ0) is 4.83. The standard InChI is InChI=1S/C6H6/c1-3-5-6-4-2/h3-4H,1-2H2. The molecule has 0 aromatic heterocycles. The van der Waals surface area contributed by atoms with Gasteiger partial charge < -0.3 is 0 Å². The summed E-state index contributed by atoms with van der Waals surface area (Å²) in [5, 5.41) is 0. The maximum Gasteiger partial charge on any atom is -0.0187 e. The van der Waals surface area contributed by atoms with Crippen LogP contribution in [0.25, 0.3) is 0 Å². The van der Waals surface area contributed by atoms with Gasteiger partial charge in [0.1, 0.15) is 0 Å². The Labute approximate surface area is 38.2 Å². The Balaban J connectivity index is 3.39. The SMILES string of the molecule is C=CC#CC=C. The molecule has 0 aliphatic heterocycles. The van der Waals surface area contributed by atoms with Crippen molar-refractivity contribution in [3.05, 3.63) is 25.3 Å². The summed E-state index contributed by atoms with van der Waals surface area (Å²) in [4.78, 5) is 0. The van der Waals surface area contributed by atoms with Crippen LogP contribution < -0.4 is 0 Å². The average Bonchev–Trinajstić information content (AvgIpc) is 1.61. The van der Waals surface area contributed by atoms with E-state index in [1.807, 2.05) is 0 Å². The van der Waals surface area contributed by atoms with Crippen molar-refractivity contribution >= 4 is 0 Å². The quantitative estimate of drug-likeness (QED) is 0.384. The van der Waals surface area contributed by atoms with Crippen LogP contribution in [0.4, 0.5) is 0 Å². The van der Waals surface area contributed by atoms with Gasteiger partial charge in [0.2, 0.25) is 0 Å². The first-order valence-electron chi connectivity index (χ1n) is 1.64. The van der Waals surface area contributed by atoms with Crippen molar-refractivity contribution in [3.63, 3.8) is 0 Å². The second kappa shape index (κ2) is 4.04.